The molecule has 0 aromatic heterocycles. The molecule has 1 aliphatic heterocycles. The average molecular weight is 281 g/mol. The van der Waals surface area contributed by atoms with Crippen LogP contribution in [0, 0.1) is 5.92 Å². The van der Waals surface area contributed by atoms with Gasteiger partial charge in [-0.3, -0.25) is 4.90 Å². The van der Waals surface area contributed by atoms with E-state index in [0.717, 1.165) is 32.5 Å². The van der Waals surface area contributed by atoms with Crippen molar-refractivity contribution in [1.29, 1.82) is 0 Å². The Kier molecular flexibility index (Phi) is 4.69. The van der Waals surface area contributed by atoms with Gasteiger partial charge in [-0.15, -0.1) is 0 Å². The quantitative estimate of drug-likeness (QED) is 0.931. The predicted molar refractivity (Wildman–Crippen MR) is 86.0 cm³/mol. The van der Waals surface area contributed by atoms with Gasteiger partial charge in [0.05, 0.1) is 6.10 Å². The van der Waals surface area contributed by atoms with E-state index in [1.54, 1.807) is 0 Å². The van der Waals surface area contributed by atoms with Crippen LogP contribution >= 0.6 is 0 Å². The van der Waals surface area contributed by atoms with Gasteiger partial charge in [0.25, 0.3) is 0 Å². The summed E-state index contributed by atoms with van der Waals surface area (Å²) in [6, 6.07) is 21.1. The molecule has 2 aromatic carbocycles. The van der Waals surface area contributed by atoms with Gasteiger partial charge in [-0.2, -0.15) is 0 Å². The van der Waals surface area contributed by atoms with Gasteiger partial charge in [-0.25, -0.2) is 0 Å². The molecule has 1 fully saturated rings. The van der Waals surface area contributed by atoms with Crippen LogP contribution in [0.2, 0.25) is 0 Å². The normalized spacial score (nSPS) is 23.1. The number of likely N-dealkylation sites (tertiary alicyclic amines) is 1. The summed E-state index contributed by atoms with van der Waals surface area (Å²) in [5, 5.41) is 10.2. The van der Waals surface area contributed by atoms with Gasteiger partial charge in [-0.1, -0.05) is 60.7 Å². The van der Waals surface area contributed by atoms with Crippen molar-refractivity contribution >= 4 is 0 Å². The molecule has 110 valence electrons. The Balaban J connectivity index is 1.62. The monoisotopic (exact) mass is 281 g/mol. The molecule has 1 N–H and O–H groups in total. The molecule has 0 spiro atoms. The first kappa shape index (κ1) is 14.3. The molecule has 0 radical (unpaired) electrons. The van der Waals surface area contributed by atoms with Gasteiger partial charge in [0.2, 0.25) is 0 Å². The number of aliphatic hydroxyl groups is 1. The zero-order valence-electron chi connectivity index (χ0n) is 12.4. The highest BCUT2D eigenvalue weighted by atomic mass is 16.3. The van der Waals surface area contributed by atoms with E-state index in [2.05, 4.69) is 59.5 Å². The van der Waals surface area contributed by atoms with Crippen molar-refractivity contribution in [1.82, 2.24) is 4.90 Å². The number of nitrogens with zero attached hydrogens (tertiary/aromatic N) is 1. The van der Waals surface area contributed by atoms with Crippen molar-refractivity contribution in [3.63, 3.8) is 0 Å². The van der Waals surface area contributed by atoms with E-state index in [9.17, 15) is 5.11 Å². The molecule has 2 atom stereocenters. The molecule has 1 aliphatic rings. The Morgan fingerprint density at radius 2 is 1.48 bits per heavy atom. The Hall–Kier alpha value is -1.64. The number of β-amino-alcohol motifs (C(OH)–C–C–N with tert-alkyl or cyclic N) is 1. The molecule has 3 rings (SSSR count). The number of aliphatic hydroxyl groups excluding tert-OH is 1. The molecular weight excluding hydrogens is 258 g/mol. The fourth-order valence-corrected chi connectivity index (χ4v) is 3.34. The van der Waals surface area contributed by atoms with Crippen LogP contribution in [-0.4, -0.2) is 29.2 Å². The van der Waals surface area contributed by atoms with Crippen LogP contribution in [0.5, 0.6) is 0 Å². The van der Waals surface area contributed by atoms with Crippen molar-refractivity contribution in [2.75, 3.05) is 13.1 Å². The van der Waals surface area contributed by atoms with Crippen LogP contribution in [-0.2, 0) is 13.0 Å². The van der Waals surface area contributed by atoms with Gasteiger partial charge >= 0.3 is 0 Å². The Labute approximate surface area is 127 Å². The first-order valence-corrected chi connectivity index (χ1v) is 7.78. The third kappa shape index (κ3) is 4.16. The standard InChI is InChI=1S/C19H23NO/c21-19-12-18(11-16-7-3-1-4-8-16)14-20(15-19)13-17-9-5-2-6-10-17/h1-10,18-19,21H,11-15H2/t18-,19-/m0/s1. The number of hydrogen-bond acceptors (Lipinski definition) is 2. The highest BCUT2D eigenvalue weighted by Gasteiger charge is 2.25. The molecule has 0 amide bonds. The van der Waals surface area contributed by atoms with Gasteiger partial charge in [0, 0.05) is 19.6 Å². The van der Waals surface area contributed by atoms with Crippen molar-refractivity contribution in [2.24, 2.45) is 5.92 Å². The molecule has 0 aliphatic carbocycles. The molecule has 0 bridgehead atoms. The van der Waals surface area contributed by atoms with E-state index in [4.69, 9.17) is 0 Å². The summed E-state index contributed by atoms with van der Waals surface area (Å²) < 4.78 is 0. The molecule has 0 saturated carbocycles. The van der Waals surface area contributed by atoms with Crippen molar-refractivity contribution < 1.29 is 5.11 Å². The predicted octanol–water partition coefficient (Wildman–Crippen LogP) is 3.11. The molecule has 0 unspecified atom stereocenters. The number of piperidine rings is 1. The largest absolute Gasteiger partial charge is 0.392 e. The minimum Gasteiger partial charge on any atom is -0.392 e. The highest BCUT2D eigenvalue weighted by molar-refractivity contribution is 5.16. The van der Waals surface area contributed by atoms with Crippen LogP contribution in [0.15, 0.2) is 60.7 Å². The van der Waals surface area contributed by atoms with Crippen LogP contribution < -0.4 is 0 Å². The third-order valence-corrected chi connectivity index (χ3v) is 4.21. The second-order valence-electron chi connectivity index (χ2n) is 6.12. The minimum absolute atomic E-state index is 0.198. The van der Waals surface area contributed by atoms with Crippen molar-refractivity contribution in [3.8, 4) is 0 Å². The number of benzene rings is 2. The minimum atomic E-state index is -0.198. The van der Waals surface area contributed by atoms with E-state index in [1.807, 2.05) is 6.07 Å². The second kappa shape index (κ2) is 6.88. The molecule has 1 saturated heterocycles. The van der Waals surface area contributed by atoms with E-state index < -0.39 is 0 Å². The topological polar surface area (TPSA) is 23.5 Å². The lowest BCUT2D eigenvalue weighted by Gasteiger charge is -2.36. The van der Waals surface area contributed by atoms with Crippen molar-refractivity contribution in [2.45, 2.75) is 25.5 Å². The maximum absolute atomic E-state index is 10.2. The lowest BCUT2D eigenvalue weighted by Crippen LogP contribution is -2.43. The maximum atomic E-state index is 10.2. The van der Waals surface area contributed by atoms with Gasteiger partial charge in [0.15, 0.2) is 0 Å². The van der Waals surface area contributed by atoms with E-state index in [0.29, 0.717) is 5.92 Å². The van der Waals surface area contributed by atoms with Crippen LogP contribution in [0.4, 0.5) is 0 Å². The summed E-state index contributed by atoms with van der Waals surface area (Å²) in [7, 11) is 0. The molecular formula is C19H23NO. The average Bonchev–Trinajstić information content (AvgIpc) is 2.48. The number of hydrogen-bond donors (Lipinski definition) is 1. The fourth-order valence-electron chi connectivity index (χ4n) is 3.34. The summed E-state index contributed by atoms with van der Waals surface area (Å²) in [5.74, 6) is 0.542. The smallest absolute Gasteiger partial charge is 0.0670 e. The van der Waals surface area contributed by atoms with Gasteiger partial charge < -0.3 is 5.11 Å². The highest BCUT2D eigenvalue weighted by Crippen LogP contribution is 2.22. The zero-order valence-corrected chi connectivity index (χ0v) is 12.4. The SMILES string of the molecule is O[C@H]1C[C@H](Cc2ccccc2)CN(Cc2ccccc2)C1. The summed E-state index contributed by atoms with van der Waals surface area (Å²) in [6.45, 7) is 2.80. The van der Waals surface area contributed by atoms with Crippen LogP contribution in [0.3, 0.4) is 0 Å². The zero-order chi connectivity index (χ0) is 14.5. The first-order valence-electron chi connectivity index (χ1n) is 7.78. The molecule has 21 heavy (non-hydrogen) atoms. The molecule has 2 nitrogen and oxygen atoms in total. The number of rotatable bonds is 4. The van der Waals surface area contributed by atoms with E-state index in [-0.39, 0.29) is 6.10 Å². The summed E-state index contributed by atoms with van der Waals surface area (Å²) in [4.78, 5) is 2.39. The first-order chi connectivity index (χ1) is 10.3. The van der Waals surface area contributed by atoms with E-state index in [1.165, 1.54) is 11.1 Å². The van der Waals surface area contributed by atoms with Gasteiger partial charge in [0.1, 0.15) is 0 Å². The summed E-state index contributed by atoms with van der Waals surface area (Å²) in [6.07, 6.45) is 1.78. The molecule has 2 heteroatoms. The summed E-state index contributed by atoms with van der Waals surface area (Å²) in [5.41, 5.74) is 2.70. The molecule has 1 heterocycles. The Bertz CT molecular complexity index is 491. The maximum Gasteiger partial charge on any atom is 0.0670 e. The van der Waals surface area contributed by atoms with E-state index >= 15 is 0 Å². The third-order valence-electron chi connectivity index (χ3n) is 4.21. The molecule has 2 aromatic rings. The van der Waals surface area contributed by atoms with Crippen molar-refractivity contribution in [3.05, 3.63) is 71.8 Å². The van der Waals surface area contributed by atoms with Crippen LogP contribution in [0.1, 0.15) is 17.5 Å². The fraction of sp³-hybridized carbons (Fsp3) is 0.368. The Morgan fingerprint density at radius 1 is 0.857 bits per heavy atom. The Morgan fingerprint density at radius 3 is 2.14 bits per heavy atom. The van der Waals surface area contributed by atoms with Crippen LogP contribution in [0.25, 0.3) is 0 Å². The summed E-state index contributed by atoms with van der Waals surface area (Å²) >= 11 is 0. The lowest BCUT2D eigenvalue weighted by atomic mass is 9.89. The second-order valence-corrected chi connectivity index (χ2v) is 6.12. The lowest BCUT2D eigenvalue weighted by molar-refractivity contribution is 0.0360. The van der Waals surface area contributed by atoms with Gasteiger partial charge in [-0.05, 0) is 29.9 Å².